The molecule has 2 N–H and O–H groups in total. The number of aryl methyl sites for hydroxylation is 1. The predicted molar refractivity (Wildman–Crippen MR) is 123 cm³/mol. The van der Waals surface area contributed by atoms with Crippen molar-refractivity contribution >= 4 is 11.7 Å². The zero-order chi connectivity index (χ0) is 21.7. The van der Waals surface area contributed by atoms with E-state index in [4.69, 9.17) is 10.5 Å². The number of nitrogens with zero attached hydrogens (tertiary/aromatic N) is 3. The lowest BCUT2D eigenvalue weighted by Gasteiger charge is -2.44. The van der Waals surface area contributed by atoms with Gasteiger partial charge in [-0.1, -0.05) is 24.6 Å². The number of likely N-dealkylation sites (tertiary alicyclic amines) is 1. The van der Waals surface area contributed by atoms with Gasteiger partial charge in [-0.15, -0.1) is 0 Å². The molecule has 4 rings (SSSR count). The number of ether oxygens (including phenoxy) is 1. The number of para-hydroxylation sites is 1. The summed E-state index contributed by atoms with van der Waals surface area (Å²) >= 11 is 0. The Kier molecular flexibility index (Phi) is 6.76. The molecule has 2 aliphatic heterocycles. The molecule has 1 aromatic heterocycles. The van der Waals surface area contributed by atoms with Crippen molar-refractivity contribution < 1.29 is 9.53 Å². The van der Waals surface area contributed by atoms with Crippen LogP contribution in [0.25, 0.3) is 0 Å². The Morgan fingerprint density at radius 1 is 1.06 bits per heavy atom. The summed E-state index contributed by atoms with van der Waals surface area (Å²) in [7, 11) is 2.19. The molecule has 31 heavy (non-hydrogen) atoms. The molecule has 2 aromatic rings. The van der Waals surface area contributed by atoms with Crippen LogP contribution < -0.4 is 10.5 Å². The van der Waals surface area contributed by atoms with Crippen LogP contribution in [0.3, 0.4) is 0 Å². The Labute approximate surface area is 185 Å². The molecule has 0 atom stereocenters. The number of hydrogen-bond donors (Lipinski definition) is 1. The van der Waals surface area contributed by atoms with Crippen molar-refractivity contribution in [2.45, 2.75) is 38.5 Å². The fourth-order valence-electron chi connectivity index (χ4n) is 5.07. The van der Waals surface area contributed by atoms with E-state index in [1.54, 1.807) is 18.3 Å². The molecule has 1 aromatic carbocycles. The van der Waals surface area contributed by atoms with E-state index < -0.39 is 0 Å². The smallest absolute Gasteiger partial charge is 0.257 e. The Hall–Kier alpha value is -2.60. The highest BCUT2D eigenvalue weighted by atomic mass is 16.5. The third-order valence-electron chi connectivity index (χ3n) is 6.89. The zero-order valence-corrected chi connectivity index (χ0v) is 18.6. The summed E-state index contributed by atoms with van der Waals surface area (Å²) in [5.74, 6) is 1.36. The number of rotatable bonds is 1. The second-order valence-corrected chi connectivity index (χ2v) is 9.13. The van der Waals surface area contributed by atoms with Crippen LogP contribution in [-0.4, -0.2) is 60.5 Å². The van der Waals surface area contributed by atoms with E-state index in [-0.39, 0.29) is 11.3 Å². The molecular formula is C25H34N4O2. The summed E-state index contributed by atoms with van der Waals surface area (Å²) in [6.07, 6.45) is 8.32. The molecule has 1 spiro atoms. The number of nitrogen functional groups attached to an aromatic ring is 1. The second kappa shape index (κ2) is 9.69. The quantitative estimate of drug-likeness (QED) is 0.760. The number of amides is 1. The standard InChI is InChI=1S/C25H34N4O2/c1-28-17-18-31-22-10-3-2-7-20(22)8-4-5-11-25(19-28)12-15-29(16-13-25)24(30)21-9-6-14-27-23(21)26/h2-3,6-7,9-10,14H,4-5,8,11-13,15-19H2,1H3,(H2,26,27). The van der Waals surface area contributed by atoms with E-state index in [1.165, 1.54) is 24.8 Å². The van der Waals surface area contributed by atoms with Crippen molar-refractivity contribution in [3.8, 4) is 5.75 Å². The van der Waals surface area contributed by atoms with Gasteiger partial charge in [-0.25, -0.2) is 4.98 Å². The molecule has 1 amide bonds. The van der Waals surface area contributed by atoms with Gasteiger partial charge in [-0.05, 0) is 68.3 Å². The molecule has 0 saturated carbocycles. The summed E-state index contributed by atoms with van der Waals surface area (Å²) in [5, 5.41) is 0. The lowest BCUT2D eigenvalue weighted by molar-refractivity contribution is 0.0425. The molecule has 6 nitrogen and oxygen atoms in total. The number of aromatic nitrogens is 1. The van der Waals surface area contributed by atoms with Crippen LogP contribution in [0.5, 0.6) is 5.75 Å². The lowest BCUT2D eigenvalue weighted by atomic mass is 9.73. The molecular weight excluding hydrogens is 388 g/mol. The number of hydrogen-bond acceptors (Lipinski definition) is 5. The van der Waals surface area contributed by atoms with Crippen molar-refractivity contribution in [3.05, 3.63) is 53.7 Å². The van der Waals surface area contributed by atoms with Crippen molar-refractivity contribution in [1.29, 1.82) is 0 Å². The Morgan fingerprint density at radius 2 is 1.87 bits per heavy atom. The van der Waals surface area contributed by atoms with Crippen LogP contribution in [0.15, 0.2) is 42.6 Å². The van der Waals surface area contributed by atoms with Crippen LogP contribution >= 0.6 is 0 Å². The van der Waals surface area contributed by atoms with Crippen LogP contribution in [0, 0.1) is 5.41 Å². The van der Waals surface area contributed by atoms with E-state index >= 15 is 0 Å². The van der Waals surface area contributed by atoms with Gasteiger partial charge in [0, 0.05) is 32.4 Å². The average Bonchev–Trinajstić information content (AvgIpc) is 2.77. The largest absolute Gasteiger partial charge is 0.492 e. The van der Waals surface area contributed by atoms with Gasteiger partial charge in [0.2, 0.25) is 0 Å². The summed E-state index contributed by atoms with van der Waals surface area (Å²) in [4.78, 5) is 21.4. The van der Waals surface area contributed by atoms with Crippen molar-refractivity contribution in [1.82, 2.24) is 14.8 Å². The maximum atomic E-state index is 13.0. The van der Waals surface area contributed by atoms with Gasteiger partial charge in [-0.3, -0.25) is 4.79 Å². The Balaban J connectivity index is 1.41. The lowest BCUT2D eigenvalue weighted by Crippen LogP contribution is -2.48. The molecule has 0 radical (unpaired) electrons. The van der Waals surface area contributed by atoms with Crippen LogP contribution in [-0.2, 0) is 6.42 Å². The monoisotopic (exact) mass is 422 g/mol. The Morgan fingerprint density at radius 3 is 2.68 bits per heavy atom. The van der Waals surface area contributed by atoms with Crippen LogP contribution in [0.2, 0.25) is 0 Å². The number of fused-ring (bicyclic) bond motifs is 1. The molecule has 2 aliphatic rings. The van der Waals surface area contributed by atoms with E-state index in [0.717, 1.165) is 51.2 Å². The maximum Gasteiger partial charge on any atom is 0.257 e. The van der Waals surface area contributed by atoms with Gasteiger partial charge in [0.05, 0.1) is 5.56 Å². The summed E-state index contributed by atoms with van der Waals surface area (Å²) in [5.41, 5.74) is 8.02. The summed E-state index contributed by atoms with van der Waals surface area (Å²) < 4.78 is 6.10. The average molecular weight is 423 g/mol. The molecule has 3 heterocycles. The molecule has 1 saturated heterocycles. The maximum absolute atomic E-state index is 13.0. The third kappa shape index (κ3) is 5.18. The highest BCUT2D eigenvalue weighted by molar-refractivity contribution is 5.98. The molecule has 166 valence electrons. The molecule has 6 heteroatoms. The topological polar surface area (TPSA) is 71.7 Å². The van der Waals surface area contributed by atoms with Gasteiger partial charge >= 0.3 is 0 Å². The number of carbonyl (C=O) groups is 1. The first-order valence-electron chi connectivity index (χ1n) is 11.5. The number of anilines is 1. The molecule has 0 bridgehead atoms. The van der Waals surface area contributed by atoms with E-state index in [2.05, 4.69) is 41.2 Å². The van der Waals surface area contributed by atoms with Crippen LogP contribution in [0.1, 0.15) is 48.0 Å². The number of piperidine rings is 1. The second-order valence-electron chi connectivity index (χ2n) is 9.13. The van der Waals surface area contributed by atoms with Gasteiger partial charge in [0.15, 0.2) is 0 Å². The van der Waals surface area contributed by atoms with Gasteiger partial charge < -0.3 is 20.3 Å². The third-order valence-corrected chi connectivity index (χ3v) is 6.89. The first-order valence-corrected chi connectivity index (χ1v) is 11.5. The van der Waals surface area contributed by atoms with Gasteiger partial charge in [-0.2, -0.15) is 0 Å². The van der Waals surface area contributed by atoms with Gasteiger partial charge in [0.25, 0.3) is 5.91 Å². The minimum absolute atomic E-state index is 0.00645. The van der Waals surface area contributed by atoms with Crippen LogP contribution in [0.4, 0.5) is 5.82 Å². The Bertz CT molecular complexity index is 893. The van der Waals surface area contributed by atoms with E-state index in [0.29, 0.717) is 18.0 Å². The highest BCUT2D eigenvalue weighted by Gasteiger charge is 2.37. The van der Waals surface area contributed by atoms with Crippen molar-refractivity contribution in [2.75, 3.05) is 45.6 Å². The minimum Gasteiger partial charge on any atom is -0.492 e. The molecule has 1 fully saturated rings. The SMILES string of the molecule is CN1CCOc2ccccc2CCCCC2(CCN(C(=O)c3cccnc3N)CC2)C1. The molecule has 0 aliphatic carbocycles. The number of likely N-dealkylation sites (N-methyl/N-ethyl adjacent to an activating group) is 1. The normalized spacial score (nSPS) is 20.2. The summed E-state index contributed by atoms with van der Waals surface area (Å²) in [6, 6.07) is 12.0. The predicted octanol–water partition coefficient (Wildman–Crippen LogP) is 3.62. The number of benzene rings is 1. The number of nitrogens with two attached hydrogens (primary N) is 1. The molecule has 0 unspecified atom stereocenters. The fourth-order valence-corrected chi connectivity index (χ4v) is 5.07. The number of carbonyl (C=O) groups excluding carboxylic acids is 1. The number of pyridine rings is 1. The zero-order valence-electron chi connectivity index (χ0n) is 18.6. The van der Waals surface area contributed by atoms with Crippen molar-refractivity contribution in [3.63, 3.8) is 0 Å². The van der Waals surface area contributed by atoms with Crippen molar-refractivity contribution in [2.24, 2.45) is 5.41 Å². The minimum atomic E-state index is 0.00645. The fraction of sp³-hybridized carbons (Fsp3) is 0.520. The van der Waals surface area contributed by atoms with Gasteiger partial charge in [0.1, 0.15) is 18.2 Å². The first-order chi connectivity index (χ1) is 15.1. The highest BCUT2D eigenvalue weighted by Crippen LogP contribution is 2.38. The van der Waals surface area contributed by atoms with E-state index in [9.17, 15) is 4.79 Å². The first kappa shape index (κ1) is 21.6. The van der Waals surface area contributed by atoms with E-state index in [1.807, 2.05) is 4.90 Å². The summed E-state index contributed by atoms with van der Waals surface area (Å²) in [6.45, 7) is 4.22.